The normalized spacial score (nSPS) is 18.9. The number of amides is 1. The molecule has 3 aromatic heterocycles. The van der Waals surface area contributed by atoms with Crippen LogP contribution in [0.15, 0.2) is 54.7 Å². The van der Waals surface area contributed by atoms with E-state index in [0.29, 0.717) is 70.3 Å². The van der Waals surface area contributed by atoms with E-state index in [-0.39, 0.29) is 24.9 Å². The number of hydrogen-bond donors (Lipinski definition) is 5. The molecule has 0 radical (unpaired) electrons. The number of anilines is 2. The van der Waals surface area contributed by atoms with Gasteiger partial charge in [-0.25, -0.2) is 15.0 Å². The molecule has 2 aliphatic heterocycles. The van der Waals surface area contributed by atoms with E-state index in [2.05, 4.69) is 20.9 Å². The molecular formula is C37H37Cl2N7O5S. The van der Waals surface area contributed by atoms with Crippen molar-refractivity contribution in [1.29, 1.82) is 0 Å². The van der Waals surface area contributed by atoms with Crippen LogP contribution in [0.25, 0.3) is 32.6 Å². The lowest BCUT2D eigenvalue weighted by atomic mass is 9.99. The summed E-state index contributed by atoms with van der Waals surface area (Å²) in [5, 5.41) is 31.1. The van der Waals surface area contributed by atoms with Crippen LogP contribution in [0.4, 0.5) is 11.5 Å². The zero-order valence-corrected chi connectivity index (χ0v) is 30.8. The van der Waals surface area contributed by atoms with Crippen molar-refractivity contribution in [3.8, 4) is 28.3 Å². The molecule has 52 heavy (non-hydrogen) atoms. The molecular weight excluding hydrogens is 725 g/mol. The van der Waals surface area contributed by atoms with Gasteiger partial charge in [0.1, 0.15) is 16.6 Å². The van der Waals surface area contributed by atoms with E-state index in [1.807, 2.05) is 55.5 Å². The van der Waals surface area contributed by atoms with Crippen LogP contribution >= 0.6 is 34.5 Å². The molecule has 15 heteroatoms. The number of rotatable bonds is 12. The first-order valence-corrected chi connectivity index (χ1v) is 18.5. The molecule has 3 atom stereocenters. The highest BCUT2D eigenvalue weighted by atomic mass is 35.5. The molecule has 0 spiro atoms. The third kappa shape index (κ3) is 7.43. The van der Waals surface area contributed by atoms with Crippen LogP contribution < -0.4 is 20.7 Å². The highest BCUT2D eigenvalue weighted by Gasteiger charge is 2.36. The minimum atomic E-state index is -0.956. The predicted octanol–water partition coefficient (Wildman–Crippen LogP) is 6.18. The van der Waals surface area contributed by atoms with Gasteiger partial charge in [0.25, 0.3) is 0 Å². The zero-order chi connectivity index (χ0) is 36.5. The summed E-state index contributed by atoms with van der Waals surface area (Å²) in [7, 11) is 1.60. The molecule has 5 N–H and O–H groups in total. The summed E-state index contributed by atoms with van der Waals surface area (Å²) in [5.41, 5.74) is 5.97. The van der Waals surface area contributed by atoms with Crippen LogP contribution in [0.1, 0.15) is 35.4 Å². The Bertz CT molecular complexity index is 2160. The van der Waals surface area contributed by atoms with Crippen molar-refractivity contribution in [2.24, 2.45) is 0 Å². The van der Waals surface area contributed by atoms with Gasteiger partial charge in [-0.3, -0.25) is 14.5 Å². The minimum absolute atomic E-state index is 0.0881. The maximum Gasteiger partial charge on any atom is 0.321 e. The van der Waals surface area contributed by atoms with Crippen molar-refractivity contribution in [3.63, 3.8) is 0 Å². The molecule has 0 aliphatic carbocycles. The molecule has 0 unspecified atom stereocenters. The number of halogens is 2. The second-order valence-electron chi connectivity index (χ2n) is 13.0. The number of methoxy groups -OCH3 is 1. The molecule has 2 aromatic carbocycles. The highest BCUT2D eigenvalue weighted by molar-refractivity contribution is 7.18. The smallest absolute Gasteiger partial charge is 0.321 e. The standard InChI is InChI=1S/C37H37Cl2N7O5S/c1-19-13-27(44-36(51-2)25(19)16-40-15-20-9-10-30(48)42-20)24-7-3-5-22(32(24)38)23-6-4-8-26(33(23)39)43-35-34-29(11-12-41-35)52-31(45-34)18-46-17-21(47)14-28(46)37(49)50/h3-8,11-13,20-21,28,40,47H,9-10,14-18H2,1-2H3,(H,41,43)(H,42,48)(H,49,50)/t20-,21-,28-/m0/s1. The van der Waals surface area contributed by atoms with Gasteiger partial charge in [-0.05, 0) is 37.1 Å². The number of nitrogens with zero attached hydrogens (tertiary/aromatic N) is 4. The lowest BCUT2D eigenvalue weighted by molar-refractivity contribution is -0.142. The van der Waals surface area contributed by atoms with Gasteiger partial charge in [0, 0.05) is 67.0 Å². The third-order valence-electron chi connectivity index (χ3n) is 9.45. The molecule has 12 nitrogen and oxygen atoms in total. The second-order valence-corrected chi connectivity index (χ2v) is 14.9. The second kappa shape index (κ2) is 15.3. The quantitative estimate of drug-likeness (QED) is 0.0988. The van der Waals surface area contributed by atoms with Crippen LogP contribution in [0.2, 0.25) is 10.0 Å². The molecule has 5 aromatic rings. The van der Waals surface area contributed by atoms with Gasteiger partial charge < -0.3 is 30.9 Å². The number of aliphatic carboxylic acids is 1. The molecule has 0 bridgehead atoms. The first-order chi connectivity index (χ1) is 25.1. The number of aromatic nitrogens is 3. The van der Waals surface area contributed by atoms with Crippen LogP contribution in [-0.2, 0) is 22.7 Å². The third-order valence-corrected chi connectivity index (χ3v) is 11.3. The molecule has 1 amide bonds. The van der Waals surface area contributed by atoms with Crippen LogP contribution in [0, 0.1) is 6.92 Å². The fourth-order valence-electron chi connectivity index (χ4n) is 6.84. The van der Waals surface area contributed by atoms with Crippen molar-refractivity contribution in [3.05, 3.63) is 80.9 Å². The number of carbonyl (C=O) groups is 2. The number of carboxylic acids is 1. The number of carbonyl (C=O) groups excluding carboxylic acids is 1. The van der Waals surface area contributed by atoms with E-state index in [1.165, 1.54) is 11.3 Å². The Balaban J connectivity index is 1.13. The van der Waals surface area contributed by atoms with Gasteiger partial charge in [0.2, 0.25) is 11.8 Å². The lowest BCUT2D eigenvalue weighted by Gasteiger charge is -2.18. The topological polar surface area (TPSA) is 162 Å². The summed E-state index contributed by atoms with van der Waals surface area (Å²) in [5.74, 6) is 0.132. The highest BCUT2D eigenvalue weighted by Crippen LogP contribution is 2.43. The fourth-order valence-corrected chi connectivity index (χ4v) is 8.43. The first kappa shape index (κ1) is 36.0. The van der Waals surface area contributed by atoms with Crippen molar-refractivity contribution in [1.82, 2.24) is 30.5 Å². The van der Waals surface area contributed by atoms with Gasteiger partial charge in [-0.15, -0.1) is 11.3 Å². The Labute approximate surface area is 314 Å². The number of hydrogen-bond acceptors (Lipinski definition) is 11. The van der Waals surface area contributed by atoms with Crippen LogP contribution in [0.5, 0.6) is 5.88 Å². The number of benzene rings is 2. The van der Waals surface area contributed by atoms with E-state index < -0.39 is 18.1 Å². The Morgan fingerprint density at radius 1 is 1.12 bits per heavy atom. The Morgan fingerprint density at radius 3 is 2.63 bits per heavy atom. The number of nitrogens with one attached hydrogen (secondary N) is 3. The average molecular weight is 763 g/mol. The van der Waals surface area contributed by atoms with Gasteiger partial charge in [-0.1, -0.05) is 53.5 Å². The lowest BCUT2D eigenvalue weighted by Crippen LogP contribution is -2.35. The zero-order valence-electron chi connectivity index (χ0n) is 28.5. The summed E-state index contributed by atoms with van der Waals surface area (Å²) < 4.78 is 6.60. The SMILES string of the molecule is COc1nc(-c2cccc(-c3cccc(Nc4nccc5sc(CN6C[C@@H](O)C[C@H]6C(=O)O)nc45)c3Cl)c2Cl)cc(C)c1CNC[C@@H]1CCC(=O)N1. The van der Waals surface area contributed by atoms with Crippen LogP contribution in [0.3, 0.4) is 0 Å². The predicted molar refractivity (Wildman–Crippen MR) is 202 cm³/mol. The molecule has 2 fully saturated rings. The fraction of sp³-hybridized carbons (Fsp3) is 0.324. The molecule has 270 valence electrons. The molecule has 0 saturated carbocycles. The van der Waals surface area contributed by atoms with Gasteiger partial charge in [0.15, 0.2) is 5.82 Å². The maximum atomic E-state index is 11.7. The van der Waals surface area contributed by atoms with Gasteiger partial charge in [0.05, 0.1) is 45.9 Å². The number of pyridine rings is 2. The largest absolute Gasteiger partial charge is 0.481 e. The number of carboxylic acid groups (broad SMARTS) is 1. The van der Waals surface area contributed by atoms with Gasteiger partial charge >= 0.3 is 5.97 Å². The van der Waals surface area contributed by atoms with Crippen molar-refractivity contribution < 1.29 is 24.5 Å². The van der Waals surface area contributed by atoms with E-state index >= 15 is 0 Å². The minimum Gasteiger partial charge on any atom is -0.481 e. The van der Waals surface area contributed by atoms with E-state index in [9.17, 15) is 19.8 Å². The summed E-state index contributed by atoms with van der Waals surface area (Å²) in [6.45, 7) is 3.79. The van der Waals surface area contributed by atoms with E-state index in [4.69, 9.17) is 37.9 Å². The maximum absolute atomic E-state index is 11.7. The molecule has 5 heterocycles. The molecule has 2 aliphatic rings. The summed E-state index contributed by atoms with van der Waals surface area (Å²) >= 11 is 15.6. The average Bonchev–Trinajstić information content (AvgIpc) is 3.84. The molecule has 7 rings (SSSR count). The number of thiazole rings is 1. The Morgan fingerprint density at radius 2 is 1.88 bits per heavy atom. The van der Waals surface area contributed by atoms with Crippen molar-refractivity contribution >= 4 is 68.1 Å². The first-order valence-electron chi connectivity index (χ1n) is 16.9. The number of ether oxygens (including phenoxy) is 1. The van der Waals surface area contributed by atoms with E-state index in [0.717, 1.165) is 38.4 Å². The van der Waals surface area contributed by atoms with Crippen LogP contribution in [-0.4, -0.2) is 80.3 Å². The molecule has 2 saturated heterocycles. The Kier molecular flexibility index (Phi) is 10.6. The number of aryl methyl sites for hydroxylation is 1. The summed E-state index contributed by atoms with van der Waals surface area (Å²) in [6, 6.07) is 14.6. The van der Waals surface area contributed by atoms with Crippen molar-refractivity contribution in [2.75, 3.05) is 25.5 Å². The summed E-state index contributed by atoms with van der Waals surface area (Å²) in [4.78, 5) is 39.2. The number of aliphatic hydroxyl groups excluding tert-OH is 1. The van der Waals surface area contributed by atoms with E-state index in [1.54, 1.807) is 18.2 Å². The number of aliphatic hydroxyl groups is 1. The number of fused-ring (bicyclic) bond motifs is 1. The number of β-amino-alcohol motifs (C(OH)–C–C–N with tert-alkyl or cyclic N) is 1. The van der Waals surface area contributed by atoms with Crippen molar-refractivity contribution in [2.45, 2.75) is 57.5 Å². The Hall–Kier alpha value is -4.37. The van der Waals surface area contributed by atoms with Gasteiger partial charge in [-0.2, -0.15) is 0 Å². The summed E-state index contributed by atoms with van der Waals surface area (Å²) in [6.07, 6.45) is 2.57. The monoisotopic (exact) mass is 761 g/mol. The number of likely N-dealkylation sites (tertiary alicyclic amines) is 1.